The molecule has 1 aromatic heterocycles. The zero-order valence-corrected chi connectivity index (χ0v) is 19.6. The third-order valence-corrected chi connectivity index (χ3v) is 10.3. The molecule has 0 unspecified atom stereocenters. The lowest BCUT2D eigenvalue weighted by molar-refractivity contribution is -0.136. The van der Waals surface area contributed by atoms with Crippen LogP contribution in [0.3, 0.4) is 0 Å². The molecule has 2 saturated carbocycles. The number of fused-ring (bicyclic) bond motifs is 4. The predicted octanol–water partition coefficient (Wildman–Crippen LogP) is 2.16. The quantitative estimate of drug-likeness (QED) is 0.369. The molecule has 7 aliphatic rings. The molecule has 0 bridgehead atoms. The van der Waals surface area contributed by atoms with E-state index in [9.17, 15) is 4.79 Å². The number of rotatable bonds is 2. The van der Waals surface area contributed by atoms with Crippen LogP contribution < -0.4 is 0 Å². The SMILES string of the molecule is CC(C)[C@]12O[C@H]1[C@@H]1O[C@]13[C@]1(O[C@H]1C[C@H]1C4=C(CC[C@@]13C)C(=O)OC4)[C@@H]2OC(=S)n1ccnc1. The molecule has 9 atom stereocenters. The number of epoxide rings is 3. The lowest BCUT2D eigenvalue weighted by atomic mass is 9.46. The van der Waals surface area contributed by atoms with Crippen LogP contribution in [0.25, 0.3) is 0 Å². The van der Waals surface area contributed by atoms with E-state index in [0.717, 1.165) is 30.4 Å². The molecule has 3 aliphatic carbocycles. The molecule has 3 saturated heterocycles. The first-order valence-electron chi connectivity index (χ1n) is 11.9. The highest BCUT2D eigenvalue weighted by molar-refractivity contribution is 7.80. The summed E-state index contributed by atoms with van der Waals surface area (Å²) in [6.45, 7) is 7.06. The topological polar surface area (TPSA) is 90.9 Å². The molecule has 4 aliphatic heterocycles. The van der Waals surface area contributed by atoms with Gasteiger partial charge in [0.15, 0.2) is 11.7 Å². The Morgan fingerprint density at radius 3 is 2.91 bits per heavy atom. The van der Waals surface area contributed by atoms with Gasteiger partial charge in [0, 0.05) is 23.4 Å². The third-order valence-electron chi connectivity index (χ3n) is 10.00. The van der Waals surface area contributed by atoms with Crippen molar-refractivity contribution in [2.45, 2.75) is 81.3 Å². The second kappa shape index (κ2) is 5.53. The fourth-order valence-electron chi connectivity index (χ4n) is 8.37. The number of cyclic esters (lactones) is 1. The first-order chi connectivity index (χ1) is 15.8. The number of ether oxygens (including phenoxy) is 5. The van der Waals surface area contributed by atoms with Crippen molar-refractivity contribution in [1.29, 1.82) is 0 Å². The summed E-state index contributed by atoms with van der Waals surface area (Å²) in [6.07, 6.45) is 7.07. The summed E-state index contributed by atoms with van der Waals surface area (Å²) >= 11 is 5.68. The van der Waals surface area contributed by atoms with Crippen molar-refractivity contribution in [2.75, 3.05) is 6.61 Å². The summed E-state index contributed by atoms with van der Waals surface area (Å²) in [4.78, 5) is 16.4. The van der Waals surface area contributed by atoms with Crippen LogP contribution in [0.5, 0.6) is 0 Å². The van der Waals surface area contributed by atoms with Gasteiger partial charge in [0.05, 0.1) is 6.10 Å². The fraction of sp³-hybridized carbons (Fsp3) is 0.708. The van der Waals surface area contributed by atoms with Crippen LogP contribution in [0.2, 0.25) is 0 Å². The first kappa shape index (κ1) is 19.5. The van der Waals surface area contributed by atoms with Crippen LogP contribution in [0.15, 0.2) is 29.9 Å². The summed E-state index contributed by atoms with van der Waals surface area (Å²) in [5.41, 5.74) is 0.247. The molecule has 9 heteroatoms. The van der Waals surface area contributed by atoms with E-state index in [-0.39, 0.29) is 47.6 Å². The van der Waals surface area contributed by atoms with E-state index in [1.807, 2.05) is 0 Å². The molecule has 174 valence electrons. The fourth-order valence-corrected chi connectivity index (χ4v) is 8.58. The first-order valence-corrected chi connectivity index (χ1v) is 12.3. The maximum atomic E-state index is 12.3. The van der Waals surface area contributed by atoms with Gasteiger partial charge in [-0.3, -0.25) is 4.57 Å². The number of carbonyl (C=O) groups is 1. The van der Waals surface area contributed by atoms with Crippen LogP contribution in [0.4, 0.5) is 0 Å². The Balaban J connectivity index is 1.25. The number of esters is 1. The number of hydrogen-bond acceptors (Lipinski definition) is 8. The van der Waals surface area contributed by atoms with Gasteiger partial charge >= 0.3 is 5.97 Å². The molecule has 0 amide bonds. The molecule has 1 aromatic rings. The Hall–Kier alpha value is -1.81. The van der Waals surface area contributed by atoms with Crippen molar-refractivity contribution >= 4 is 23.4 Å². The maximum Gasteiger partial charge on any atom is 0.334 e. The molecule has 33 heavy (non-hydrogen) atoms. The van der Waals surface area contributed by atoms with Gasteiger partial charge in [-0.2, -0.15) is 0 Å². The Labute approximate surface area is 196 Å². The molecule has 8 nitrogen and oxygen atoms in total. The maximum absolute atomic E-state index is 12.3. The zero-order valence-electron chi connectivity index (χ0n) is 18.8. The highest BCUT2D eigenvalue weighted by atomic mass is 32.1. The summed E-state index contributed by atoms with van der Waals surface area (Å²) in [6, 6.07) is 0. The molecule has 0 N–H and O–H groups in total. The largest absolute Gasteiger partial charge is 0.461 e. The Bertz CT molecular complexity index is 1170. The van der Waals surface area contributed by atoms with Crippen LogP contribution in [0.1, 0.15) is 40.0 Å². The standard InChI is InChI=1S/C24H26N2O6S/c1-11(2)22-16(31-22)17-24(32-17)21(3)5-4-12-13(9-28-18(12)27)14(21)8-15-23(24,30-15)19(22)29-20(33)26-7-6-25-10-26/h6-7,10-11,14-17,19H,4-5,8-9H2,1-3H3/t14-,15-,16-,17-,19+,21-,22-,23+,24+/m0/s1. The Morgan fingerprint density at radius 2 is 2.15 bits per heavy atom. The number of hydrogen-bond donors (Lipinski definition) is 0. The van der Waals surface area contributed by atoms with Gasteiger partial charge in [0.1, 0.15) is 36.3 Å². The summed E-state index contributed by atoms with van der Waals surface area (Å²) in [5.74, 6) is 0.266. The second-order valence-electron chi connectivity index (χ2n) is 11.2. The summed E-state index contributed by atoms with van der Waals surface area (Å²) in [5, 5.41) is 0.348. The summed E-state index contributed by atoms with van der Waals surface area (Å²) < 4.78 is 33.7. The number of carbonyl (C=O) groups excluding carboxylic acids is 1. The van der Waals surface area contributed by atoms with Gasteiger partial charge in [-0.15, -0.1) is 0 Å². The highest BCUT2D eigenvalue weighted by Crippen LogP contribution is 2.83. The van der Waals surface area contributed by atoms with E-state index in [1.54, 1.807) is 23.3 Å². The molecule has 2 spiro atoms. The van der Waals surface area contributed by atoms with E-state index in [1.165, 1.54) is 0 Å². The van der Waals surface area contributed by atoms with E-state index in [2.05, 4.69) is 25.8 Å². The van der Waals surface area contributed by atoms with Crippen molar-refractivity contribution in [2.24, 2.45) is 17.3 Å². The van der Waals surface area contributed by atoms with E-state index < -0.39 is 16.8 Å². The molecule has 0 radical (unpaired) electrons. The van der Waals surface area contributed by atoms with Gasteiger partial charge in [-0.05, 0) is 48.9 Å². The van der Waals surface area contributed by atoms with Gasteiger partial charge in [-0.1, -0.05) is 20.8 Å². The molecule has 8 rings (SSSR count). The highest BCUT2D eigenvalue weighted by Gasteiger charge is 3.01. The monoisotopic (exact) mass is 470 g/mol. The van der Waals surface area contributed by atoms with Gasteiger partial charge < -0.3 is 23.7 Å². The van der Waals surface area contributed by atoms with E-state index in [0.29, 0.717) is 11.8 Å². The molecule has 0 aromatic carbocycles. The van der Waals surface area contributed by atoms with E-state index in [4.69, 9.17) is 35.9 Å². The van der Waals surface area contributed by atoms with Gasteiger partial charge in [0.25, 0.3) is 5.17 Å². The average molecular weight is 471 g/mol. The molecular formula is C24H26N2O6S. The van der Waals surface area contributed by atoms with Crippen LogP contribution >= 0.6 is 12.2 Å². The van der Waals surface area contributed by atoms with Crippen LogP contribution in [0, 0.1) is 17.3 Å². The minimum Gasteiger partial charge on any atom is -0.461 e. The number of imidazole rings is 1. The molecular weight excluding hydrogens is 444 g/mol. The second-order valence-corrected chi connectivity index (χ2v) is 11.6. The van der Waals surface area contributed by atoms with E-state index >= 15 is 0 Å². The Morgan fingerprint density at radius 1 is 1.30 bits per heavy atom. The van der Waals surface area contributed by atoms with Crippen molar-refractivity contribution in [3.63, 3.8) is 0 Å². The number of aromatic nitrogens is 2. The van der Waals surface area contributed by atoms with Crippen molar-refractivity contribution in [3.05, 3.63) is 29.9 Å². The van der Waals surface area contributed by atoms with Gasteiger partial charge in [0.2, 0.25) is 0 Å². The minimum atomic E-state index is -0.605. The summed E-state index contributed by atoms with van der Waals surface area (Å²) in [7, 11) is 0. The van der Waals surface area contributed by atoms with Crippen molar-refractivity contribution in [3.8, 4) is 0 Å². The number of nitrogens with zero attached hydrogens (tertiary/aromatic N) is 2. The lowest BCUT2D eigenvalue weighted by Crippen LogP contribution is -2.70. The van der Waals surface area contributed by atoms with Crippen LogP contribution in [-0.4, -0.2) is 68.5 Å². The third kappa shape index (κ3) is 1.87. The minimum absolute atomic E-state index is 0.0282. The van der Waals surface area contributed by atoms with Crippen molar-refractivity contribution < 1.29 is 28.5 Å². The molecule has 5 heterocycles. The van der Waals surface area contributed by atoms with Crippen molar-refractivity contribution in [1.82, 2.24) is 9.55 Å². The Kier molecular flexibility index (Phi) is 3.27. The zero-order chi connectivity index (χ0) is 22.5. The molecule has 5 fully saturated rings. The lowest BCUT2D eigenvalue weighted by Gasteiger charge is -2.53. The normalized spacial score (nSPS) is 52.0. The predicted molar refractivity (Wildman–Crippen MR) is 116 cm³/mol. The average Bonchev–Trinajstić information content (AvgIpc) is 3.71. The van der Waals surface area contributed by atoms with Gasteiger partial charge in [-0.25, -0.2) is 9.78 Å². The van der Waals surface area contributed by atoms with Crippen LogP contribution in [-0.2, 0) is 28.5 Å². The smallest absolute Gasteiger partial charge is 0.334 e. The number of thiocarbonyl (C=S) groups is 1.